The Bertz CT molecular complexity index is 1340. The van der Waals surface area contributed by atoms with Gasteiger partial charge in [0, 0.05) is 22.7 Å². The predicted molar refractivity (Wildman–Crippen MR) is 131 cm³/mol. The van der Waals surface area contributed by atoms with Crippen LogP contribution in [0.4, 0.5) is 11.8 Å². The third-order valence-corrected chi connectivity index (χ3v) is 8.08. The highest BCUT2D eigenvalue weighted by molar-refractivity contribution is 7.48. The molecule has 0 bridgehead atoms. The summed E-state index contributed by atoms with van der Waals surface area (Å²) in [6, 6.07) is 6.53. The molecule has 0 aliphatic carbocycles. The van der Waals surface area contributed by atoms with Crippen molar-refractivity contribution in [2.45, 2.75) is 43.5 Å². The molecule has 1 aromatic carbocycles. The van der Waals surface area contributed by atoms with E-state index in [9.17, 15) is 14.8 Å². The number of halogens is 2. The van der Waals surface area contributed by atoms with Crippen LogP contribution in [-0.4, -0.2) is 55.8 Å². The molecule has 194 valence electrons. The first-order chi connectivity index (χ1) is 17.0. The maximum atomic E-state index is 13.2. The lowest BCUT2D eigenvalue weighted by molar-refractivity contribution is -0.0950. The van der Waals surface area contributed by atoms with E-state index in [1.165, 1.54) is 11.5 Å². The molecule has 2 saturated heterocycles. The van der Waals surface area contributed by atoms with Gasteiger partial charge in [0.1, 0.15) is 29.3 Å². The number of aliphatic hydroxyl groups excluding tert-OH is 1. The van der Waals surface area contributed by atoms with Crippen molar-refractivity contribution >= 4 is 53.8 Å². The Morgan fingerprint density at radius 1 is 1.28 bits per heavy atom. The van der Waals surface area contributed by atoms with Gasteiger partial charge in [-0.2, -0.15) is 9.97 Å². The van der Waals surface area contributed by atoms with Gasteiger partial charge in [-0.25, -0.2) is 4.57 Å². The Morgan fingerprint density at radius 3 is 2.72 bits per heavy atom. The summed E-state index contributed by atoms with van der Waals surface area (Å²) in [5.74, 6) is 0.104. The van der Waals surface area contributed by atoms with E-state index in [1.807, 2.05) is 0 Å². The largest absolute Gasteiger partial charge is 0.475 e. The molecule has 6 atom stereocenters. The van der Waals surface area contributed by atoms with E-state index in [0.717, 1.165) is 0 Å². The van der Waals surface area contributed by atoms with Crippen LogP contribution in [0.25, 0.3) is 11.0 Å². The Hall–Kier alpha value is -1.99. The molecular weight excluding hydrogens is 536 g/mol. The highest BCUT2D eigenvalue weighted by Gasteiger charge is 2.54. The third kappa shape index (κ3) is 4.69. The first-order valence-electron chi connectivity index (χ1n) is 11.0. The van der Waals surface area contributed by atoms with Crippen LogP contribution in [0.5, 0.6) is 0 Å². The Labute approximate surface area is 215 Å². The molecule has 2 aliphatic rings. The maximum absolute atomic E-state index is 13.2. The molecule has 4 heterocycles. The van der Waals surface area contributed by atoms with Crippen molar-refractivity contribution in [1.29, 1.82) is 0 Å². The number of nitrogens with two attached hydrogens (primary N) is 2. The summed E-state index contributed by atoms with van der Waals surface area (Å²) in [4.78, 5) is 8.10. The van der Waals surface area contributed by atoms with E-state index in [1.54, 1.807) is 30.5 Å². The summed E-state index contributed by atoms with van der Waals surface area (Å²) in [5.41, 5.74) is 10.8. The van der Waals surface area contributed by atoms with Crippen molar-refractivity contribution in [3.8, 4) is 0 Å². The molecule has 2 aromatic heterocycles. The highest BCUT2D eigenvalue weighted by Crippen LogP contribution is 2.57. The van der Waals surface area contributed by atoms with Crippen LogP contribution in [0, 0.1) is 0 Å². The Kier molecular flexibility index (Phi) is 6.69. The van der Waals surface area contributed by atoms with Gasteiger partial charge in [0.2, 0.25) is 5.95 Å². The minimum absolute atomic E-state index is 0.0572. The summed E-state index contributed by atoms with van der Waals surface area (Å²) in [6.07, 6.45) is -2.25. The van der Waals surface area contributed by atoms with E-state index in [4.69, 9.17) is 53.0 Å². The molecule has 6 N–H and O–H groups in total. The number of rotatable bonds is 5. The number of benzene rings is 1. The van der Waals surface area contributed by atoms with Gasteiger partial charge in [0.25, 0.3) is 0 Å². The quantitative estimate of drug-likeness (QED) is 0.337. The van der Waals surface area contributed by atoms with Crippen LogP contribution in [0.15, 0.2) is 30.5 Å². The number of hydrogen-bond acceptors (Lipinski definition) is 11. The molecule has 0 radical (unpaired) electrons. The second-order valence-electron chi connectivity index (χ2n) is 8.79. The first kappa shape index (κ1) is 25.7. The van der Waals surface area contributed by atoms with Gasteiger partial charge >= 0.3 is 7.82 Å². The standard InChI is InChI=1S/C21H24Cl2N5O7P/c1-21(30)16(29)15(34-19(21)28-4-2-13-17(24)26-20(25)27-18(13)28)9-33-36(31)32-5-3-14(35-36)10-6-11(22)8-12(23)7-10/h2,4,6-8,14-16,19,29-30H,3,5,9H2,1H3,(H4,24,25,26,27)/t14?,15-,16-,19-,21-,36?/m1/s1. The zero-order valence-electron chi connectivity index (χ0n) is 19.0. The van der Waals surface area contributed by atoms with Gasteiger partial charge in [0.15, 0.2) is 6.23 Å². The molecule has 0 amide bonds. The predicted octanol–water partition coefficient (Wildman–Crippen LogP) is 3.21. The van der Waals surface area contributed by atoms with Crippen LogP contribution >= 0.6 is 31.0 Å². The Morgan fingerprint density at radius 2 is 2.00 bits per heavy atom. The zero-order chi connectivity index (χ0) is 25.8. The number of phosphoric ester groups is 1. The van der Waals surface area contributed by atoms with Gasteiger partial charge in [-0.3, -0.25) is 13.6 Å². The fraction of sp³-hybridized carbons (Fsp3) is 0.429. The van der Waals surface area contributed by atoms with E-state index >= 15 is 0 Å². The maximum Gasteiger partial charge on any atom is 0.475 e. The topological polar surface area (TPSA) is 177 Å². The fourth-order valence-corrected chi connectivity index (χ4v) is 6.31. The molecule has 0 saturated carbocycles. The fourth-order valence-electron chi connectivity index (χ4n) is 4.37. The second kappa shape index (κ2) is 9.39. The highest BCUT2D eigenvalue weighted by atomic mass is 35.5. The van der Waals surface area contributed by atoms with Crippen LogP contribution in [-0.2, 0) is 22.9 Å². The van der Waals surface area contributed by atoms with Crippen molar-refractivity contribution in [2.75, 3.05) is 24.7 Å². The lowest BCUT2D eigenvalue weighted by Crippen LogP contribution is -2.44. The monoisotopic (exact) mass is 559 g/mol. The molecule has 2 fully saturated rings. The van der Waals surface area contributed by atoms with E-state index in [2.05, 4.69) is 9.97 Å². The summed E-state index contributed by atoms with van der Waals surface area (Å²) in [7, 11) is -4.04. The summed E-state index contributed by atoms with van der Waals surface area (Å²) < 4.78 is 37.0. The number of phosphoric acid groups is 1. The molecule has 5 rings (SSSR count). The molecular formula is C21H24Cl2N5O7P. The molecule has 15 heteroatoms. The van der Waals surface area contributed by atoms with Crippen LogP contribution < -0.4 is 11.5 Å². The summed E-state index contributed by atoms with van der Waals surface area (Å²) >= 11 is 12.2. The molecule has 3 aromatic rings. The van der Waals surface area contributed by atoms with Crippen LogP contribution in [0.2, 0.25) is 10.0 Å². The number of ether oxygens (including phenoxy) is 1. The van der Waals surface area contributed by atoms with E-state index in [0.29, 0.717) is 33.1 Å². The summed E-state index contributed by atoms with van der Waals surface area (Å²) in [6.45, 7) is 1.10. The van der Waals surface area contributed by atoms with E-state index < -0.39 is 44.6 Å². The van der Waals surface area contributed by atoms with Crippen molar-refractivity contribution in [3.05, 3.63) is 46.1 Å². The average Bonchev–Trinajstić information content (AvgIpc) is 3.30. The number of anilines is 2. The van der Waals surface area contributed by atoms with Crippen molar-refractivity contribution in [1.82, 2.24) is 14.5 Å². The van der Waals surface area contributed by atoms with Gasteiger partial charge in [-0.1, -0.05) is 23.2 Å². The smallest absolute Gasteiger partial charge is 0.387 e. The zero-order valence-corrected chi connectivity index (χ0v) is 21.4. The van der Waals surface area contributed by atoms with Crippen molar-refractivity contribution in [3.63, 3.8) is 0 Å². The molecule has 2 aliphatic heterocycles. The molecule has 36 heavy (non-hydrogen) atoms. The molecule has 2 unspecified atom stereocenters. The van der Waals surface area contributed by atoms with Gasteiger partial charge in [-0.05, 0) is 36.8 Å². The lowest BCUT2D eigenvalue weighted by Gasteiger charge is -2.30. The average molecular weight is 560 g/mol. The van der Waals surface area contributed by atoms with Gasteiger partial charge < -0.3 is 31.0 Å². The number of aliphatic hydroxyl groups is 2. The van der Waals surface area contributed by atoms with Crippen LogP contribution in [0.3, 0.4) is 0 Å². The van der Waals surface area contributed by atoms with Gasteiger partial charge in [-0.15, -0.1) is 0 Å². The normalized spacial score (nSPS) is 32.8. The van der Waals surface area contributed by atoms with Gasteiger partial charge in [0.05, 0.1) is 24.7 Å². The number of hydrogen-bond donors (Lipinski definition) is 4. The third-order valence-electron chi connectivity index (χ3n) is 6.17. The molecule has 12 nitrogen and oxygen atoms in total. The number of aromatic nitrogens is 3. The molecule has 0 spiro atoms. The van der Waals surface area contributed by atoms with Crippen molar-refractivity contribution in [2.24, 2.45) is 0 Å². The Balaban J connectivity index is 1.32. The number of nitrogens with zero attached hydrogens (tertiary/aromatic N) is 3. The van der Waals surface area contributed by atoms with E-state index in [-0.39, 0.29) is 18.4 Å². The second-order valence-corrected chi connectivity index (χ2v) is 11.3. The van der Waals surface area contributed by atoms with Crippen molar-refractivity contribution < 1.29 is 33.1 Å². The van der Waals surface area contributed by atoms with Crippen LogP contribution in [0.1, 0.15) is 31.2 Å². The number of nitrogen functional groups attached to an aromatic ring is 2. The first-order valence-corrected chi connectivity index (χ1v) is 13.2. The minimum Gasteiger partial charge on any atom is -0.387 e. The number of fused-ring (bicyclic) bond motifs is 1. The lowest BCUT2D eigenvalue weighted by atomic mass is 9.96. The summed E-state index contributed by atoms with van der Waals surface area (Å²) in [5, 5.41) is 23.2. The SMILES string of the molecule is C[C@@]1(O)[C@H](O)[C@@H](COP2(=O)OCCC(c3cc(Cl)cc(Cl)c3)O2)O[C@H]1n1ccc2c(N)nc(N)nc21. The minimum atomic E-state index is -4.04.